The Kier molecular flexibility index (Phi) is 11.6. The van der Waals surface area contributed by atoms with Gasteiger partial charge in [0.2, 0.25) is 11.8 Å². The molecule has 0 aliphatic rings. The summed E-state index contributed by atoms with van der Waals surface area (Å²) in [6.07, 6.45) is -2.98. The van der Waals surface area contributed by atoms with Crippen molar-refractivity contribution in [3.8, 4) is 0 Å². The molecule has 4 amide bonds. The molecule has 0 heterocycles. The number of benzene rings is 2. The van der Waals surface area contributed by atoms with Crippen LogP contribution in [0.5, 0.6) is 0 Å². The molecule has 2 rings (SSSR count). The van der Waals surface area contributed by atoms with E-state index >= 15 is 0 Å². The van der Waals surface area contributed by atoms with Crippen LogP contribution >= 0.6 is 0 Å². The lowest BCUT2D eigenvalue weighted by atomic mass is 10.2. The average Bonchev–Trinajstić information content (AvgIpc) is 2.84. The van der Waals surface area contributed by atoms with E-state index in [4.69, 9.17) is 14.2 Å². The van der Waals surface area contributed by atoms with Gasteiger partial charge >= 0.3 is 12.2 Å². The third-order valence-corrected chi connectivity index (χ3v) is 4.35. The summed E-state index contributed by atoms with van der Waals surface area (Å²) in [4.78, 5) is 47.3. The van der Waals surface area contributed by atoms with Crippen LogP contribution in [0.1, 0.15) is 25.0 Å². The van der Waals surface area contributed by atoms with E-state index in [9.17, 15) is 19.2 Å². The highest BCUT2D eigenvalue weighted by Crippen LogP contribution is 2.01. The van der Waals surface area contributed by atoms with Crippen LogP contribution in [0.2, 0.25) is 0 Å². The maximum absolute atomic E-state index is 12.0. The third kappa shape index (κ3) is 12.1. The molecule has 11 nitrogen and oxygen atoms in total. The molecule has 0 aromatic heterocycles. The SMILES string of the molecule is CC(NC(=O)CNC(=O)OCc1ccccc1)OC(C)NC(=O)CNC(=O)OCc1ccccc1. The summed E-state index contributed by atoms with van der Waals surface area (Å²) in [7, 11) is 0. The standard InChI is InChI=1S/C24H30N4O7/c1-17(27-21(29)13-25-23(31)33-15-19-9-5-3-6-10-19)35-18(2)28-22(30)14-26-24(32)34-16-20-11-7-4-8-12-20/h3-12,17-18H,13-16H2,1-2H3,(H,25,31)(H,26,32)(H,27,29)(H,28,30). The van der Waals surface area contributed by atoms with Crippen LogP contribution in [0.3, 0.4) is 0 Å². The Labute approximate surface area is 203 Å². The monoisotopic (exact) mass is 486 g/mol. The Bertz CT molecular complexity index is 879. The second-order valence-corrected chi connectivity index (χ2v) is 7.39. The van der Waals surface area contributed by atoms with Crippen molar-refractivity contribution >= 4 is 24.0 Å². The highest BCUT2D eigenvalue weighted by molar-refractivity contribution is 5.82. The first-order chi connectivity index (χ1) is 16.8. The molecule has 35 heavy (non-hydrogen) atoms. The number of hydrogen-bond donors (Lipinski definition) is 4. The zero-order valence-corrected chi connectivity index (χ0v) is 19.6. The second kappa shape index (κ2) is 14.9. The van der Waals surface area contributed by atoms with Gasteiger partial charge in [-0.2, -0.15) is 0 Å². The highest BCUT2D eigenvalue weighted by atomic mass is 16.6. The van der Waals surface area contributed by atoms with Crippen molar-refractivity contribution in [3.63, 3.8) is 0 Å². The molecule has 0 saturated carbocycles. The zero-order chi connectivity index (χ0) is 25.5. The van der Waals surface area contributed by atoms with Crippen LogP contribution in [0, 0.1) is 0 Å². The molecule has 0 aliphatic heterocycles. The van der Waals surface area contributed by atoms with Crippen LogP contribution in [0.4, 0.5) is 9.59 Å². The van der Waals surface area contributed by atoms with Gasteiger partial charge in [0, 0.05) is 0 Å². The topological polar surface area (TPSA) is 144 Å². The van der Waals surface area contributed by atoms with E-state index in [1.54, 1.807) is 13.8 Å². The van der Waals surface area contributed by atoms with Gasteiger partial charge in [-0.05, 0) is 25.0 Å². The molecule has 0 spiro atoms. The molecule has 0 aliphatic carbocycles. The van der Waals surface area contributed by atoms with Gasteiger partial charge in [-0.1, -0.05) is 60.7 Å². The predicted octanol–water partition coefficient (Wildman–Crippen LogP) is 1.78. The van der Waals surface area contributed by atoms with E-state index in [-0.39, 0.29) is 26.3 Å². The first-order valence-electron chi connectivity index (χ1n) is 10.9. The minimum absolute atomic E-state index is 0.0879. The average molecular weight is 487 g/mol. The van der Waals surface area contributed by atoms with E-state index < -0.39 is 36.5 Å². The van der Waals surface area contributed by atoms with Crippen molar-refractivity contribution in [2.75, 3.05) is 13.1 Å². The van der Waals surface area contributed by atoms with Gasteiger partial charge in [-0.3, -0.25) is 9.59 Å². The Hall–Kier alpha value is -4.12. The van der Waals surface area contributed by atoms with Gasteiger partial charge in [-0.25, -0.2) is 9.59 Å². The maximum Gasteiger partial charge on any atom is 0.407 e. The largest absolute Gasteiger partial charge is 0.445 e. The minimum Gasteiger partial charge on any atom is -0.445 e. The molecule has 4 N–H and O–H groups in total. The highest BCUT2D eigenvalue weighted by Gasteiger charge is 2.15. The predicted molar refractivity (Wildman–Crippen MR) is 126 cm³/mol. The smallest absolute Gasteiger partial charge is 0.407 e. The van der Waals surface area contributed by atoms with Crippen molar-refractivity contribution in [2.24, 2.45) is 0 Å². The molecule has 2 aromatic rings. The number of hydrogen-bond acceptors (Lipinski definition) is 7. The quantitative estimate of drug-likeness (QED) is 0.335. The summed E-state index contributed by atoms with van der Waals surface area (Å²) in [6.45, 7) is 2.68. The number of rotatable bonds is 12. The van der Waals surface area contributed by atoms with Gasteiger partial charge in [0.05, 0.1) is 0 Å². The van der Waals surface area contributed by atoms with E-state index in [1.807, 2.05) is 60.7 Å². The number of alkyl carbamates (subject to hydrolysis) is 2. The van der Waals surface area contributed by atoms with Crippen LogP contribution in [-0.2, 0) is 37.0 Å². The summed E-state index contributed by atoms with van der Waals surface area (Å²) >= 11 is 0. The molecule has 2 unspecified atom stereocenters. The molecule has 188 valence electrons. The first-order valence-corrected chi connectivity index (χ1v) is 10.9. The Morgan fingerprint density at radius 3 is 1.40 bits per heavy atom. The fraction of sp³-hybridized carbons (Fsp3) is 0.333. The lowest BCUT2D eigenvalue weighted by molar-refractivity contribution is -0.130. The summed E-state index contributed by atoms with van der Waals surface area (Å²) in [5.74, 6) is -1.01. The summed E-state index contributed by atoms with van der Waals surface area (Å²) < 4.78 is 15.5. The maximum atomic E-state index is 12.0. The van der Waals surface area contributed by atoms with Crippen LogP contribution in [0.25, 0.3) is 0 Å². The molecule has 0 radical (unpaired) electrons. The molecule has 11 heteroatoms. The Morgan fingerprint density at radius 2 is 1.03 bits per heavy atom. The van der Waals surface area contributed by atoms with Gasteiger partial charge < -0.3 is 35.5 Å². The number of carbonyl (C=O) groups is 4. The number of carbonyl (C=O) groups excluding carboxylic acids is 4. The van der Waals surface area contributed by atoms with Crippen molar-refractivity contribution < 1.29 is 33.4 Å². The van der Waals surface area contributed by atoms with Gasteiger partial charge in [0.15, 0.2) is 0 Å². The third-order valence-electron chi connectivity index (χ3n) is 4.35. The van der Waals surface area contributed by atoms with E-state index in [0.717, 1.165) is 11.1 Å². The number of amides is 4. The Morgan fingerprint density at radius 1 is 0.657 bits per heavy atom. The van der Waals surface area contributed by atoms with Crippen molar-refractivity contribution in [1.82, 2.24) is 21.3 Å². The molecule has 0 saturated heterocycles. The van der Waals surface area contributed by atoms with E-state index in [0.29, 0.717) is 0 Å². The fourth-order valence-corrected chi connectivity index (χ4v) is 2.78. The van der Waals surface area contributed by atoms with Crippen LogP contribution in [-0.4, -0.2) is 49.5 Å². The normalized spacial score (nSPS) is 11.9. The number of nitrogens with one attached hydrogen (secondary N) is 4. The zero-order valence-electron chi connectivity index (χ0n) is 19.6. The summed E-state index contributed by atoms with van der Waals surface area (Å²) in [5, 5.41) is 9.73. The van der Waals surface area contributed by atoms with Gasteiger partial charge in [-0.15, -0.1) is 0 Å². The first kappa shape index (κ1) is 27.1. The summed E-state index contributed by atoms with van der Waals surface area (Å²) in [5.41, 5.74) is 1.65. The van der Waals surface area contributed by atoms with Crippen molar-refractivity contribution in [1.29, 1.82) is 0 Å². The van der Waals surface area contributed by atoms with E-state index in [1.165, 1.54) is 0 Å². The second-order valence-electron chi connectivity index (χ2n) is 7.39. The molecule has 0 fully saturated rings. The van der Waals surface area contributed by atoms with E-state index in [2.05, 4.69) is 21.3 Å². The molecule has 0 bridgehead atoms. The lowest BCUT2D eigenvalue weighted by Gasteiger charge is -2.21. The number of ether oxygens (including phenoxy) is 3. The Balaban J connectivity index is 1.55. The molecular weight excluding hydrogens is 456 g/mol. The lowest BCUT2D eigenvalue weighted by Crippen LogP contribution is -2.47. The van der Waals surface area contributed by atoms with Crippen molar-refractivity contribution in [3.05, 3.63) is 71.8 Å². The van der Waals surface area contributed by atoms with Gasteiger partial charge in [0.1, 0.15) is 38.8 Å². The van der Waals surface area contributed by atoms with Crippen molar-refractivity contribution in [2.45, 2.75) is 39.5 Å². The van der Waals surface area contributed by atoms with Gasteiger partial charge in [0.25, 0.3) is 0 Å². The molecule has 2 atom stereocenters. The van der Waals surface area contributed by atoms with Crippen LogP contribution in [0.15, 0.2) is 60.7 Å². The molecule has 2 aromatic carbocycles. The summed E-state index contributed by atoms with van der Waals surface area (Å²) in [6, 6.07) is 18.3. The fourth-order valence-electron chi connectivity index (χ4n) is 2.78. The van der Waals surface area contributed by atoms with Crippen LogP contribution < -0.4 is 21.3 Å². The molecular formula is C24H30N4O7. The minimum atomic E-state index is -0.760.